The standard InChI is InChI=1S/C16H22N2O2S/c1-11(20-10-9-12-3-2-4-12)16(19)18-14-7-5-13(6-8-14)15(17)21/h5-8,11-12H,2-4,9-10H2,1H3,(H2,17,21)(H,18,19). The van der Waals surface area contributed by atoms with Crippen LogP contribution >= 0.6 is 12.2 Å². The van der Waals surface area contributed by atoms with Crippen molar-refractivity contribution in [1.29, 1.82) is 0 Å². The quantitative estimate of drug-likeness (QED) is 0.760. The van der Waals surface area contributed by atoms with Gasteiger partial charge < -0.3 is 15.8 Å². The van der Waals surface area contributed by atoms with E-state index >= 15 is 0 Å². The summed E-state index contributed by atoms with van der Waals surface area (Å²) in [4.78, 5) is 12.4. The van der Waals surface area contributed by atoms with Crippen molar-refractivity contribution in [3.63, 3.8) is 0 Å². The van der Waals surface area contributed by atoms with E-state index in [1.165, 1.54) is 19.3 Å². The molecule has 5 heteroatoms. The SMILES string of the molecule is CC(OCCC1CCC1)C(=O)Nc1ccc(C(N)=S)cc1. The molecule has 0 radical (unpaired) electrons. The van der Waals surface area contributed by atoms with Crippen LogP contribution in [-0.4, -0.2) is 23.6 Å². The number of hydrogen-bond donors (Lipinski definition) is 2. The van der Waals surface area contributed by atoms with Crippen molar-refractivity contribution in [1.82, 2.24) is 0 Å². The van der Waals surface area contributed by atoms with Crippen molar-refractivity contribution in [3.05, 3.63) is 29.8 Å². The van der Waals surface area contributed by atoms with Gasteiger partial charge in [0, 0.05) is 17.9 Å². The monoisotopic (exact) mass is 306 g/mol. The molecule has 1 aliphatic carbocycles. The maximum absolute atomic E-state index is 12.0. The molecule has 1 aromatic rings. The average Bonchev–Trinajstić information content (AvgIpc) is 2.41. The van der Waals surface area contributed by atoms with Crippen LogP contribution in [-0.2, 0) is 9.53 Å². The second-order valence-corrected chi connectivity index (χ2v) is 5.97. The summed E-state index contributed by atoms with van der Waals surface area (Å²) >= 11 is 4.89. The predicted molar refractivity (Wildman–Crippen MR) is 88.3 cm³/mol. The van der Waals surface area contributed by atoms with E-state index in [0.29, 0.717) is 11.6 Å². The second-order valence-electron chi connectivity index (χ2n) is 5.53. The van der Waals surface area contributed by atoms with Gasteiger partial charge in [-0.25, -0.2) is 0 Å². The van der Waals surface area contributed by atoms with Crippen LogP contribution in [0.4, 0.5) is 5.69 Å². The summed E-state index contributed by atoms with van der Waals surface area (Å²) in [5, 5.41) is 2.83. The molecular weight excluding hydrogens is 284 g/mol. The number of amides is 1. The molecule has 1 atom stereocenters. The fraction of sp³-hybridized carbons (Fsp3) is 0.500. The molecule has 1 fully saturated rings. The van der Waals surface area contributed by atoms with Crippen LogP contribution in [0.15, 0.2) is 24.3 Å². The number of nitrogens with one attached hydrogen (secondary N) is 1. The number of carbonyl (C=O) groups is 1. The van der Waals surface area contributed by atoms with Crippen LogP contribution in [0.5, 0.6) is 0 Å². The molecular formula is C16H22N2O2S. The highest BCUT2D eigenvalue weighted by Crippen LogP contribution is 2.29. The molecule has 4 nitrogen and oxygen atoms in total. The van der Waals surface area contributed by atoms with Crippen LogP contribution in [0.2, 0.25) is 0 Å². The molecule has 0 saturated heterocycles. The number of thiocarbonyl (C=S) groups is 1. The number of benzene rings is 1. The Morgan fingerprint density at radius 1 is 1.43 bits per heavy atom. The predicted octanol–water partition coefficient (Wildman–Crippen LogP) is 2.85. The van der Waals surface area contributed by atoms with Crippen molar-refractivity contribution in [2.45, 2.75) is 38.7 Å². The zero-order valence-electron chi connectivity index (χ0n) is 12.3. The van der Waals surface area contributed by atoms with Gasteiger partial charge in [0.25, 0.3) is 5.91 Å². The third kappa shape index (κ3) is 4.79. The summed E-state index contributed by atoms with van der Waals surface area (Å²) in [6, 6.07) is 7.15. The van der Waals surface area contributed by atoms with E-state index in [-0.39, 0.29) is 5.91 Å². The van der Waals surface area contributed by atoms with Crippen molar-refractivity contribution in [2.75, 3.05) is 11.9 Å². The van der Waals surface area contributed by atoms with Crippen molar-refractivity contribution >= 4 is 28.8 Å². The summed E-state index contributed by atoms with van der Waals surface area (Å²) in [7, 11) is 0. The minimum atomic E-state index is -0.444. The molecule has 2 rings (SSSR count). The Labute approximate surface area is 131 Å². The summed E-state index contributed by atoms with van der Waals surface area (Å²) < 4.78 is 5.59. The molecule has 0 aromatic heterocycles. The lowest BCUT2D eigenvalue weighted by atomic mass is 9.83. The molecule has 0 aliphatic heterocycles. The van der Waals surface area contributed by atoms with E-state index in [0.717, 1.165) is 23.6 Å². The van der Waals surface area contributed by atoms with E-state index in [1.807, 2.05) is 0 Å². The minimum absolute atomic E-state index is 0.133. The molecule has 1 saturated carbocycles. The van der Waals surface area contributed by atoms with Crippen molar-refractivity contribution in [2.24, 2.45) is 11.7 Å². The van der Waals surface area contributed by atoms with Crippen LogP contribution in [0.25, 0.3) is 0 Å². The average molecular weight is 306 g/mol. The molecule has 1 aliphatic rings. The first kappa shape index (κ1) is 15.9. The topological polar surface area (TPSA) is 64.3 Å². The van der Waals surface area contributed by atoms with Crippen molar-refractivity contribution < 1.29 is 9.53 Å². The van der Waals surface area contributed by atoms with Gasteiger partial charge in [0.15, 0.2) is 0 Å². The van der Waals surface area contributed by atoms with Crippen molar-refractivity contribution in [3.8, 4) is 0 Å². The first-order valence-electron chi connectivity index (χ1n) is 7.38. The van der Waals surface area contributed by atoms with Gasteiger partial charge in [0.2, 0.25) is 0 Å². The van der Waals surface area contributed by atoms with Gasteiger partial charge in [-0.2, -0.15) is 0 Å². The van der Waals surface area contributed by atoms with E-state index in [1.54, 1.807) is 31.2 Å². The van der Waals surface area contributed by atoms with E-state index < -0.39 is 6.10 Å². The fourth-order valence-corrected chi connectivity index (χ4v) is 2.37. The highest BCUT2D eigenvalue weighted by atomic mass is 32.1. The van der Waals surface area contributed by atoms with Gasteiger partial charge in [-0.05, 0) is 43.5 Å². The molecule has 0 heterocycles. The Morgan fingerprint density at radius 3 is 2.62 bits per heavy atom. The Kier molecular flexibility index (Phi) is 5.70. The fourth-order valence-electron chi connectivity index (χ4n) is 2.23. The first-order chi connectivity index (χ1) is 10.1. The summed E-state index contributed by atoms with van der Waals surface area (Å²) in [5.74, 6) is 0.666. The van der Waals surface area contributed by atoms with E-state index in [4.69, 9.17) is 22.7 Å². The third-order valence-corrected chi connectivity index (χ3v) is 4.16. The minimum Gasteiger partial charge on any atom is -0.389 e. The lowest BCUT2D eigenvalue weighted by Crippen LogP contribution is -2.28. The molecule has 1 amide bonds. The van der Waals surface area contributed by atoms with E-state index in [9.17, 15) is 4.79 Å². The molecule has 0 bridgehead atoms. The Morgan fingerprint density at radius 2 is 2.10 bits per heavy atom. The number of ether oxygens (including phenoxy) is 1. The van der Waals surface area contributed by atoms with Gasteiger partial charge in [0.05, 0.1) is 0 Å². The molecule has 114 valence electrons. The Bertz CT molecular complexity index is 498. The van der Waals surface area contributed by atoms with Crippen LogP contribution in [0.3, 0.4) is 0 Å². The highest BCUT2D eigenvalue weighted by molar-refractivity contribution is 7.80. The maximum atomic E-state index is 12.0. The number of anilines is 1. The summed E-state index contributed by atoms with van der Waals surface area (Å²) in [6.07, 6.45) is 4.56. The van der Waals surface area contributed by atoms with Crippen LogP contribution in [0, 0.1) is 5.92 Å². The molecule has 0 spiro atoms. The van der Waals surface area contributed by atoms with Gasteiger partial charge >= 0.3 is 0 Å². The maximum Gasteiger partial charge on any atom is 0.253 e. The molecule has 1 unspecified atom stereocenters. The van der Waals surface area contributed by atoms with Gasteiger partial charge in [-0.1, -0.05) is 31.5 Å². The second kappa shape index (κ2) is 7.52. The zero-order valence-corrected chi connectivity index (χ0v) is 13.1. The molecule has 21 heavy (non-hydrogen) atoms. The number of hydrogen-bond acceptors (Lipinski definition) is 3. The Balaban J connectivity index is 1.75. The van der Waals surface area contributed by atoms with Gasteiger partial charge in [0.1, 0.15) is 11.1 Å². The third-order valence-electron chi connectivity index (χ3n) is 3.92. The summed E-state index contributed by atoms with van der Waals surface area (Å²) in [6.45, 7) is 2.43. The molecule has 3 N–H and O–H groups in total. The zero-order chi connectivity index (χ0) is 15.2. The lowest BCUT2D eigenvalue weighted by Gasteiger charge is -2.25. The van der Waals surface area contributed by atoms with Crippen LogP contribution < -0.4 is 11.1 Å². The summed E-state index contributed by atoms with van der Waals surface area (Å²) in [5.41, 5.74) is 7.03. The first-order valence-corrected chi connectivity index (χ1v) is 7.79. The van der Waals surface area contributed by atoms with Gasteiger partial charge in [-0.3, -0.25) is 4.79 Å². The van der Waals surface area contributed by atoms with Gasteiger partial charge in [-0.15, -0.1) is 0 Å². The highest BCUT2D eigenvalue weighted by Gasteiger charge is 2.19. The van der Waals surface area contributed by atoms with Crippen LogP contribution in [0.1, 0.15) is 38.2 Å². The normalized spacial score (nSPS) is 16.0. The smallest absolute Gasteiger partial charge is 0.253 e. The number of rotatable bonds is 7. The van der Waals surface area contributed by atoms with E-state index in [2.05, 4.69) is 5.32 Å². The Hall–Kier alpha value is -1.46. The number of nitrogens with two attached hydrogens (primary N) is 1. The largest absolute Gasteiger partial charge is 0.389 e. The number of carbonyl (C=O) groups excluding carboxylic acids is 1. The molecule has 1 aromatic carbocycles. The lowest BCUT2D eigenvalue weighted by molar-refractivity contribution is -0.126.